The molecule has 0 fully saturated rings. The van der Waals surface area contributed by atoms with Gasteiger partial charge in [0, 0.05) is 11.6 Å². The van der Waals surface area contributed by atoms with Crippen molar-refractivity contribution >= 4 is 11.9 Å². The van der Waals surface area contributed by atoms with Crippen molar-refractivity contribution in [2.24, 2.45) is 0 Å². The molecule has 0 saturated carbocycles. The van der Waals surface area contributed by atoms with Gasteiger partial charge in [0.1, 0.15) is 0 Å². The SMILES string of the molecule is Cc1cc(C(=O)O)cc(C(=O)NC(C)C)c1. The number of nitrogens with one attached hydrogen (secondary N) is 1. The molecular weight excluding hydrogens is 206 g/mol. The van der Waals surface area contributed by atoms with Gasteiger partial charge in [-0.2, -0.15) is 0 Å². The van der Waals surface area contributed by atoms with Crippen molar-refractivity contribution in [1.82, 2.24) is 5.32 Å². The molecule has 4 heteroatoms. The molecule has 1 amide bonds. The number of carbonyl (C=O) groups excluding carboxylic acids is 1. The van der Waals surface area contributed by atoms with Crippen molar-refractivity contribution in [2.75, 3.05) is 0 Å². The topological polar surface area (TPSA) is 66.4 Å². The van der Waals surface area contributed by atoms with Crippen LogP contribution >= 0.6 is 0 Å². The third-order valence-corrected chi connectivity index (χ3v) is 2.01. The number of rotatable bonds is 3. The van der Waals surface area contributed by atoms with Gasteiger partial charge in [-0.3, -0.25) is 4.79 Å². The lowest BCUT2D eigenvalue weighted by molar-refractivity contribution is 0.0696. The van der Waals surface area contributed by atoms with Gasteiger partial charge in [0.05, 0.1) is 5.56 Å². The Labute approximate surface area is 94.3 Å². The smallest absolute Gasteiger partial charge is 0.335 e. The minimum atomic E-state index is -1.03. The number of aryl methyl sites for hydroxylation is 1. The first-order valence-electron chi connectivity index (χ1n) is 5.06. The lowest BCUT2D eigenvalue weighted by Crippen LogP contribution is -2.30. The minimum Gasteiger partial charge on any atom is -0.478 e. The van der Waals surface area contributed by atoms with E-state index >= 15 is 0 Å². The van der Waals surface area contributed by atoms with Crippen molar-refractivity contribution in [3.63, 3.8) is 0 Å². The first-order chi connectivity index (χ1) is 7.40. The lowest BCUT2D eigenvalue weighted by atomic mass is 10.1. The maximum Gasteiger partial charge on any atom is 0.335 e. The van der Waals surface area contributed by atoms with Crippen LogP contribution in [0.3, 0.4) is 0 Å². The van der Waals surface area contributed by atoms with Crippen LogP contribution in [-0.2, 0) is 0 Å². The summed E-state index contributed by atoms with van der Waals surface area (Å²) in [5.74, 6) is -1.27. The molecule has 0 unspecified atom stereocenters. The van der Waals surface area contributed by atoms with Crippen molar-refractivity contribution in [1.29, 1.82) is 0 Å². The number of aromatic carboxylic acids is 1. The second-order valence-corrected chi connectivity index (χ2v) is 4.02. The number of carboxylic acid groups (broad SMARTS) is 1. The number of hydrogen-bond donors (Lipinski definition) is 2. The number of benzene rings is 1. The molecule has 86 valence electrons. The van der Waals surface area contributed by atoms with Gasteiger partial charge >= 0.3 is 5.97 Å². The van der Waals surface area contributed by atoms with Crippen LogP contribution in [-0.4, -0.2) is 23.0 Å². The van der Waals surface area contributed by atoms with Crippen LogP contribution in [0.2, 0.25) is 0 Å². The Balaban J connectivity index is 3.05. The van der Waals surface area contributed by atoms with Crippen LogP contribution in [0, 0.1) is 6.92 Å². The van der Waals surface area contributed by atoms with E-state index < -0.39 is 5.97 Å². The molecular formula is C12H15NO3. The van der Waals surface area contributed by atoms with Crippen molar-refractivity contribution in [3.8, 4) is 0 Å². The molecule has 1 aromatic carbocycles. The average molecular weight is 221 g/mol. The van der Waals surface area contributed by atoms with E-state index in [0.717, 1.165) is 5.56 Å². The van der Waals surface area contributed by atoms with Crippen LogP contribution < -0.4 is 5.32 Å². The van der Waals surface area contributed by atoms with Gasteiger partial charge in [0.2, 0.25) is 0 Å². The highest BCUT2D eigenvalue weighted by Crippen LogP contribution is 2.10. The fourth-order valence-corrected chi connectivity index (χ4v) is 1.38. The monoisotopic (exact) mass is 221 g/mol. The molecule has 0 aliphatic carbocycles. The van der Waals surface area contributed by atoms with E-state index in [1.165, 1.54) is 12.1 Å². The molecule has 1 aromatic rings. The summed E-state index contributed by atoms with van der Waals surface area (Å²) in [5.41, 5.74) is 1.27. The lowest BCUT2D eigenvalue weighted by Gasteiger charge is -2.09. The third-order valence-electron chi connectivity index (χ3n) is 2.01. The van der Waals surface area contributed by atoms with E-state index in [4.69, 9.17) is 5.11 Å². The first kappa shape index (κ1) is 12.2. The predicted octanol–water partition coefficient (Wildman–Crippen LogP) is 1.83. The van der Waals surface area contributed by atoms with Crippen molar-refractivity contribution < 1.29 is 14.7 Å². The Morgan fingerprint density at radius 3 is 2.25 bits per heavy atom. The first-order valence-corrected chi connectivity index (χ1v) is 5.06. The van der Waals surface area contributed by atoms with Gasteiger partial charge < -0.3 is 10.4 Å². The molecule has 0 aliphatic rings. The van der Waals surface area contributed by atoms with Gasteiger partial charge in [0.15, 0.2) is 0 Å². The molecule has 0 spiro atoms. The summed E-state index contributed by atoms with van der Waals surface area (Å²) in [6.07, 6.45) is 0. The van der Waals surface area contributed by atoms with Crippen LogP contribution in [0.25, 0.3) is 0 Å². The molecule has 1 rings (SSSR count). The van der Waals surface area contributed by atoms with Crippen molar-refractivity contribution in [3.05, 3.63) is 34.9 Å². The highest BCUT2D eigenvalue weighted by atomic mass is 16.4. The Bertz CT molecular complexity index is 424. The van der Waals surface area contributed by atoms with Crippen LogP contribution in [0.5, 0.6) is 0 Å². The summed E-state index contributed by atoms with van der Waals surface area (Å²) in [5, 5.41) is 11.6. The van der Waals surface area contributed by atoms with Gasteiger partial charge in [-0.25, -0.2) is 4.79 Å². The largest absolute Gasteiger partial charge is 0.478 e. The second-order valence-electron chi connectivity index (χ2n) is 4.02. The summed E-state index contributed by atoms with van der Waals surface area (Å²) in [4.78, 5) is 22.5. The normalized spacial score (nSPS) is 10.2. The van der Waals surface area contributed by atoms with Crippen LogP contribution in [0.4, 0.5) is 0 Å². The zero-order chi connectivity index (χ0) is 12.3. The summed E-state index contributed by atoms with van der Waals surface area (Å²) in [6.45, 7) is 5.47. The van der Waals surface area contributed by atoms with E-state index in [1.807, 2.05) is 13.8 Å². The Morgan fingerprint density at radius 1 is 1.19 bits per heavy atom. The second kappa shape index (κ2) is 4.79. The van der Waals surface area contributed by atoms with Gasteiger partial charge in [-0.05, 0) is 44.5 Å². The summed E-state index contributed by atoms with van der Waals surface area (Å²) < 4.78 is 0. The van der Waals surface area contributed by atoms with E-state index in [2.05, 4.69) is 5.32 Å². The van der Waals surface area contributed by atoms with Crippen LogP contribution in [0.1, 0.15) is 40.1 Å². The molecule has 0 radical (unpaired) electrons. The van der Waals surface area contributed by atoms with E-state index in [0.29, 0.717) is 5.56 Å². The standard InChI is InChI=1S/C12H15NO3/c1-7(2)13-11(14)9-4-8(3)5-10(6-9)12(15)16/h4-7H,1-3H3,(H,13,14)(H,15,16). The summed E-state index contributed by atoms with van der Waals surface area (Å²) in [6, 6.07) is 4.62. The average Bonchev–Trinajstić information content (AvgIpc) is 2.15. The molecule has 0 aromatic heterocycles. The van der Waals surface area contributed by atoms with E-state index in [-0.39, 0.29) is 17.5 Å². The van der Waals surface area contributed by atoms with Gasteiger partial charge in [0.25, 0.3) is 5.91 Å². The number of carboxylic acids is 1. The fourth-order valence-electron chi connectivity index (χ4n) is 1.38. The summed E-state index contributed by atoms with van der Waals surface area (Å²) >= 11 is 0. The summed E-state index contributed by atoms with van der Waals surface area (Å²) in [7, 11) is 0. The molecule has 0 atom stereocenters. The minimum absolute atomic E-state index is 0.0290. The Hall–Kier alpha value is -1.84. The predicted molar refractivity (Wildman–Crippen MR) is 60.7 cm³/mol. The van der Waals surface area contributed by atoms with Gasteiger partial charge in [-0.1, -0.05) is 0 Å². The maximum atomic E-state index is 11.7. The molecule has 2 N–H and O–H groups in total. The Kier molecular flexibility index (Phi) is 3.66. The zero-order valence-corrected chi connectivity index (χ0v) is 9.57. The maximum absolute atomic E-state index is 11.7. The highest BCUT2D eigenvalue weighted by molar-refractivity contribution is 5.97. The number of hydrogen-bond acceptors (Lipinski definition) is 2. The third kappa shape index (κ3) is 3.08. The highest BCUT2D eigenvalue weighted by Gasteiger charge is 2.11. The number of carbonyl (C=O) groups is 2. The van der Waals surface area contributed by atoms with Crippen LogP contribution in [0.15, 0.2) is 18.2 Å². The number of amides is 1. The Morgan fingerprint density at radius 2 is 1.75 bits per heavy atom. The van der Waals surface area contributed by atoms with E-state index in [9.17, 15) is 9.59 Å². The molecule has 16 heavy (non-hydrogen) atoms. The quantitative estimate of drug-likeness (QED) is 0.818. The van der Waals surface area contributed by atoms with E-state index in [1.54, 1.807) is 13.0 Å². The molecule has 0 heterocycles. The molecule has 0 saturated heterocycles. The molecule has 0 bridgehead atoms. The molecule has 4 nitrogen and oxygen atoms in total. The fraction of sp³-hybridized carbons (Fsp3) is 0.333. The van der Waals surface area contributed by atoms with Crippen molar-refractivity contribution in [2.45, 2.75) is 26.8 Å². The zero-order valence-electron chi connectivity index (χ0n) is 9.57. The van der Waals surface area contributed by atoms with Gasteiger partial charge in [-0.15, -0.1) is 0 Å². The molecule has 0 aliphatic heterocycles.